The van der Waals surface area contributed by atoms with Gasteiger partial charge in [0.05, 0.1) is 34.0 Å². The van der Waals surface area contributed by atoms with Crippen LogP contribution in [0.2, 0.25) is 0 Å². The van der Waals surface area contributed by atoms with Gasteiger partial charge in [-0.15, -0.1) is 5.10 Å². The Labute approximate surface area is 281 Å². The molecule has 49 heavy (non-hydrogen) atoms. The van der Waals surface area contributed by atoms with Gasteiger partial charge in [-0.1, -0.05) is 71.9 Å². The Balaban J connectivity index is 1.19. The second-order valence-corrected chi connectivity index (χ2v) is 12.1. The van der Waals surface area contributed by atoms with Crippen molar-refractivity contribution in [2.24, 2.45) is 0 Å². The van der Waals surface area contributed by atoms with Gasteiger partial charge in [0, 0.05) is 62.6 Å². The third kappa shape index (κ3) is 4.22. The molecule has 0 fully saturated rings. The van der Waals surface area contributed by atoms with Crippen molar-refractivity contribution in [1.29, 1.82) is 0 Å². The molecule has 0 N–H and O–H groups in total. The smallest absolute Gasteiger partial charge is 0.123 e. The van der Waals surface area contributed by atoms with Crippen molar-refractivity contribution in [3.63, 3.8) is 0 Å². The Kier molecular flexibility index (Phi) is 6.04. The minimum Gasteiger partial charge on any atom is -0.309 e. The Hall–Kier alpha value is -6.86. The van der Waals surface area contributed by atoms with Gasteiger partial charge in [-0.05, 0) is 72.8 Å². The van der Waals surface area contributed by atoms with Crippen LogP contribution in [0.25, 0.3) is 83.2 Å². The van der Waals surface area contributed by atoms with E-state index in [4.69, 9.17) is 0 Å². The summed E-state index contributed by atoms with van der Waals surface area (Å²) < 4.78 is 6.60. The van der Waals surface area contributed by atoms with Crippen LogP contribution in [-0.2, 0) is 0 Å². The van der Waals surface area contributed by atoms with Crippen LogP contribution in [0, 0.1) is 0 Å². The van der Waals surface area contributed by atoms with Crippen molar-refractivity contribution >= 4 is 43.6 Å². The normalized spacial score (nSPS) is 11.7. The van der Waals surface area contributed by atoms with Crippen LogP contribution < -0.4 is 0 Å². The summed E-state index contributed by atoms with van der Waals surface area (Å²) in [6.07, 6.45) is 7.17. The van der Waals surface area contributed by atoms with E-state index in [2.05, 4.69) is 145 Å². The SMILES string of the molecule is c1cncc(-c2nnn(-c3cccnc3)c2-c2ccc3c(c2)c2ccccc2n3-c2cccc(-n3c4ccccc4c4ccccc43)c2)c1. The van der Waals surface area contributed by atoms with E-state index in [1.54, 1.807) is 18.6 Å². The predicted octanol–water partition coefficient (Wildman–Crippen LogP) is 9.59. The number of hydrogen-bond donors (Lipinski definition) is 0. The van der Waals surface area contributed by atoms with Crippen LogP contribution in [-0.4, -0.2) is 34.1 Å². The molecule has 0 bridgehead atoms. The van der Waals surface area contributed by atoms with E-state index >= 15 is 0 Å². The lowest BCUT2D eigenvalue weighted by atomic mass is 10.0. The average molecular weight is 630 g/mol. The lowest BCUT2D eigenvalue weighted by Crippen LogP contribution is -2.00. The molecule has 0 atom stereocenters. The molecule has 0 aliphatic carbocycles. The highest BCUT2D eigenvalue weighted by molar-refractivity contribution is 6.11. The number of pyridine rings is 2. The van der Waals surface area contributed by atoms with Crippen molar-refractivity contribution in [1.82, 2.24) is 34.1 Å². The zero-order valence-electron chi connectivity index (χ0n) is 26.2. The monoisotopic (exact) mass is 629 g/mol. The van der Waals surface area contributed by atoms with Crippen molar-refractivity contribution in [3.05, 3.63) is 164 Å². The van der Waals surface area contributed by atoms with Gasteiger partial charge in [-0.25, -0.2) is 4.68 Å². The van der Waals surface area contributed by atoms with Crippen molar-refractivity contribution < 1.29 is 0 Å². The minimum atomic E-state index is 0.763. The molecule has 0 unspecified atom stereocenters. The van der Waals surface area contributed by atoms with E-state index in [1.165, 1.54) is 27.2 Å². The number of nitrogens with zero attached hydrogens (tertiary/aromatic N) is 7. The molecule has 5 heterocycles. The zero-order chi connectivity index (χ0) is 32.3. The second kappa shape index (κ2) is 10.9. The molecule has 0 aliphatic heterocycles. The number of para-hydroxylation sites is 3. The minimum absolute atomic E-state index is 0.763. The zero-order valence-corrected chi connectivity index (χ0v) is 26.2. The fraction of sp³-hybridized carbons (Fsp3) is 0. The Bertz CT molecular complexity index is 2720. The topological polar surface area (TPSA) is 66.3 Å². The van der Waals surface area contributed by atoms with Crippen LogP contribution >= 0.6 is 0 Å². The van der Waals surface area contributed by atoms with Crippen molar-refractivity contribution in [2.75, 3.05) is 0 Å². The van der Waals surface area contributed by atoms with Gasteiger partial charge in [0.25, 0.3) is 0 Å². The highest BCUT2D eigenvalue weighted by Gasteiger charge is 2.21. The van der Waals surface area contributed by atoms with Gasteiger partial charge in [-0.3, -0.25) is 9.97 Å². The molecular formula is C42H27N7. The Morgan fingerprint density at radius 3 is 1.59 bits per heavy atom. The Morgan fingerprint density at radius 1 is 0.408 bits per heavy atom. The molecule has 7 nitrogen and oxygen atoms in total. The van der Waals surface area contributed by atoms with E-state index in [1.807, 2.05) is 35.1 Å². The van der Waals surface area contributed by atoms with Crippen LogP contribution in [0.1, 0.15) is 0 Å². The number of aromatic nitrogens is 7. The number of fused-ring (bicyclic) bond motifs is 6. The summed E-state index contributed by atoms with van der Waals surface area (Å²) in [6, 6.07) is 49.2. The lowest BCUT2D eigenvalue weighted by Gasteiger charge is -2.13. The maximum absolute atomic E-state index is 4.65. The highest BCUT2D eigenvalue weighted by atomic mass is 15.4. The molecule has 0 saturated carbocycles. The third-order valence-electron chi connectivity index (χ3n) is 9.37. The van der Waals surface area contributed by atoms with Gasteiger partial charge in [0.1, 0.15) is 11.4 Å². The largest absolute Gasteiger partial charge is 0.309 e. The van der Waals surface area contributed by atoms with Crippen molar-refractivity contribution in [2.45, 2.75) is 0 Å². The molecule has 0 spiro atoms. The average Bonchev–Trinajstić information content (AvgIpc) is 3.86. The highest BCUT2D eigenvalue weighted by Crippen LogP contribution is 2.39. The summed E-state index contributed by atoms with van der Waals surface area (Å²) >= 11 is 0. The lowest BCUT2D eigenvalue weighted by molar-refractivity contribution is 0.805. The number of benzene rings is 5. The van der Waals surface area contributed by atoms with Crippen LogP contribution in [0.4, 0.5) is 0 Å². The van der Waals surface area contributed by atoms with Gasteiger partial charge in [0.2, 0.25) is 0 Å². The van der Waals surface area contributed by atoms with E-state index < -0.39 is 0 Å². The molecular weight excluding hydrogens is 603 g/mol. The van der Waals surface area contributed by atoms with Crippen LogP contribution in [0.3, 0.4) is 0 Å². The number of hydrogen-bond acceptors (Lipinski definition) is 4. The fourth-order valence-corrected chi connectivity index (χ4v) is 7.27. The maximum atomic E-state index is 4.65. The van der Waals surface area contributed by atoms with Gasteiger partial charge < -0.3 is 9.13 Å². The molecule has 10 aromatic rings. The molecule has 0 saturated heterocycles. The van der Waals surface area contributed by atoms with E-state index in [0.717, 1.165) is 56.0 Å². The van der Waals surface area contributed by atoms with Crippen LogP contribution in [0.5, 0.6) is 0 Å². The van der Waals surface area contributed by atoms with Gasteiger partial charge in [0.15, 0.2) is 0 Å². The summed E-state index contributed by atoms with van der Waals surface area (Å²) in [4.78, 5) is 8.73. The maximum Gasteiger partial charge on any atom is 0.123 e. The summed E-state index contributed by atoms with van der Waals surface area (Å²) in [5.41, 5.74) is 11.2. The standard InChI is InChI=1S/C42H27N7/c1-4-17-37-33(14-1)34-15-2-5-18-38(34)47(37)30-11-7-12-31(25-30)48-39-19-6-3-16-35(39)36-24-28(20-21-40(36)48)42-41(29-10-8-22-43-26-29)45-46-49(42)32-13-9-23-44-27-32/h1-27H. The summed E-state index contributed by atoms with van der Waals surface area (Å²) in [5.74, 6) is 0. The van der Waals surface area contributed by atoms with Gasteiger partial charge >= 0.3 is 0 Å². The number of rotatable bonds is 5. The molecule has 230 valence electrons. The molecule has 5 aromatic heterocycles. The van der Waals surface area contributed by atoms with E-state index in [0.29, 0.717) is 0 Å². The van der Waals surface area contributed by atoms with Crippen LogP contribution in [0.15, 0.2) is 164 Å². The van der Waals surface area contributed by atoms with Crippen molar-refractivity contribution in [3.8, 4) is 39.6 Å². The first-order chi connectivity index (χ1) is 24.3. The molecule has 0 radical (unpaired) electrons. The molecule has 10 rings (SSSR count). The Morgan fingerprint density at radius 2 is 0.980 bits per heavy atom. The molecule has 0 aliphatic rings. The molecule has 0 amide bonds. The summed E-state index contributed by atoms with van der Waals surface area (Å²) in [7, 11) is 0. The quantitative estimate of drug-likeness (QED) is 0.190. The third-order valence-corrected chi connectivity index (χ3v) is 9.37. The first-order valence-corrected chi connectivity index (χ1v) is 16.2. The fourth-order valence-electron chi connectivity index (χ4n) is 7.27. The first kappa shape index (κ1) is 27.3. The first-order valence-electron chi connectivity index (χ1n) is 16.2. The summed E-state index contributed by atoms with van der Waals surface area (Å²) in [6.45, 7) is 0. The predicted molar refractivity (Wildman–Crippen MR) is 196 cm³/mol. The molecule has 5 aromatic carbocycles. The van der Waals surface area contributed by atoms with E-state index in [-0.39, 0.29) is 0 Å². The summed E-state index contributed by atoms with van der Waals surface area (Å²) in [5, 5.41) is 14.1. The van der Waals surface area contributed by atoms with E-state index in [9.17, 15) is 0 Å². The molecule has 7 heteroatoms. The van der Waals surface area contributed by atoms with Gasteiger partial charge in [-0.2, -0.15) is 0 Å². The second-order valence-electron chi connectivity index (χ2n) is 12.1.